The summed E-state index contributed by atoms with van der Waals surface area (Å²) < 4.78 is 13.0. The van der Waals surface area contributed by atoms with Crippen molar-refractivity contribution in [3.05, 3.63) is 41.8 Å². The van der Waals surface area contributed by atoms with Gasteiger partial charge in [0.15, 0.2) is 0 Å². The molecular formula is C17H21FN4O. The maximum atomic E-state index is 13.0. The number of nitrogens with one attached hydrogen (secondary N) is 1. The lowest BCUT2D eigenvalue weighted by Crippen LogP contribution is -2.45. The van der Waals surface area contributed by atoms with Crippen molar-refractivity contribution in [3.63, 3.8) is 0 Å². The largest absolute Gasteiger partial charge is 0.337 e. The predicted molar refractivity (Wildman–Crippen MR) is 86.3 cm³/mol. The molecule has 122 valence electrons. The fourth-order valence-corrected chi connectivity index (χ4v) is 2.99. The number of carbonyl (C=O) groups is 1. The highest BCUT2D eigenvalue weighted by molar-refractivity contribution is 5.93. The molecule has 1 aliphatic rings. The van der Waals surface area contributed by atoms with Crippen molar-refractivity contribution in [2.75, 3.05) is 13.1 Å². The number of likely N-dealkylation sites (tertiary alicyclic amines) is 1. The summed E-state index contributed by atoms with van der Waals surface area (Å²) in [5.41, 5.74) is 7.83. The Kier molecular flexibility index (Phi) is 4.43. The van der Waals surface area contributed by atoms with Crippen molar-refractivity contribution in [2.45, 2.75) is 25.8 Å². The Morgan fingerprint density at radius 3 is 2.87 bits per heavy atom. The second kappa shape index (κ2) is 6.50. The third-order valence-electron chi connectivity index (χ3n) is 4.44. The molecule has 2 atom stereocenters. The molecule has 2 heterocycles. The quantitative estimate of drug-likeness (QED) is 0.913. The van der Waals surface area contributed by atoms with Crippen molar-refractivity contribution in [3.8, 4) is 11.3 Å². The van der Waals surface area contributed by atoms with Crippen LogP contribution in [0.5, 0.6) is 0 Å². The van der Waals surface area contributed by atoms with Gasteiger partial charge >= 0.3 is 0 Å². The van der Waals surface area contributed by atoms with Crippen molar-refractivity contribution in [2.24, 2.45) is 11.7 Å². The molecule has 0 bridgehead atoms. The number of nitrogens with two attached hydrogens (primary N) is 1. The number of rotatable bonds is 3. The second-order valence-electron chi connectivity index (χ2n) is 6.19. The zero-order valence-electron chi connectivity index (χ0n) is 13.1. The molecule has 3 rings (SSSR count). The third kappa shape index (κ3) is 3.42. The van der Waals surface area contributed by atoms with E-state index in [1.165, 1.54) is 12.1 Å². The molecule has 1 saturated heterocycles. The lowest BCUT2D eigenvalue weighted by Gasteiger charge is -2.34. The summed E-state index contributed by atoms with van der Waals surface area (Å²) in [6.07, 6.45) is 2.03. The molecule has 1 aromatic carbocycles. The first-order chi connectivity index (χ1) is 11.0. The van der Waals surface area contributed by atoms with Gasteiger partial charge in [0.05, 0.1) is 5.69 Å². The summed E-state index contributed by atoms with van der Waals surface area (Å²) in [4.78, 5) is 14.5. The number of benzene rings is 1. The zero-order valence-corrected chi connectivity index (χ0v) is 13.1. The molecule has 3 N–H and O–H groups in total. The molecule has 0 radical (unpaired) electrons. The van der Waals surface area contributed by atoms with E-state index in [1.807, 2.05) is 11.8 Å². The standard InChI is InChI=1S/C17H21FN4O/c1-11(19)13-3-2-8-22(10-13)17(23)16-9-15(20-21-16)12-4-6-14(18)7-5-12/h4-7,9,11,13H,2-3,8,10,19H2,1H3,(H,20,21). The number of piperidine rings is 1. The smallest absolute Gasteiger partial charge is 0.271 e. The fraction of sp³-hybridized carbons (Fsp3) is 0.412. The number of hydrogen-bond donors (Lipinski definition) is 2. The first kappa shape index (κ1) is 15.7. The second-order valence-corrected chi connectivity index (χ2v) is 6.19. The maximum absolute atomic E-state index is 13.0. The maximum Gasteiger partial charge on any atom is 0.271 e. The predicted octanol–water partition coefficient (Wildman–Crippen LogP) is 2.42. The van der Waals surface area contributed by atoms with Gasteiger partial charge in [0.1, 0.15) is 11.5 Å². The average molecular weight is 316 g/mol. The first-order valence-corrected chi connectivity index (χ1v) is 7.91. The van der Waals surface area contributed by atoms with Crippen LogP contribution in [0.1, 0.15) is 30.3 Å². The molecule has 0 spiro atoms. The minimum absolute atomic E-state index is 0.0591. The fourth-order valence-electron chi connectivity index (χ4n) is 2.99. The van der Waals surface area contributed by atoms with Gasteiger partial charge < -0.3 is 10.6 Å². The SMILES string of the molecule is CC(N)C1CCCN(C(=O)c2cc(-c3ccc(F)cc3)n[nH]2)C1. The monoisotopic (exact) mass is 316 g/mol. The zero-order chi connectivity index (χ0) is 16.4. The van der Waals surface area contributed by atoms with E-state index >= 15 is 0 Å². The van der Waals surface area contributed by atoms with Gasteiger partial charge in [-0.1, -0.05) is 0 Å². The number of aromatic amines is 1. The van der Waals surface area contributed by atoms with E-state index in [0.29, 0.717) is 23.9 Å². The van der Waals surface area contributed by atoms with Crippen LogP contribution in [0, 0.1) is 11.7 Å². The van der Waals surface area contributed by atoms with Crippen molar-refractivity contribution in [1.82, 2.24) is 15.1 Å². The van der Waals surface area contributed by atoms with E-state index in [1.54, 1.807) is 18.2 Å². The highest BCUT2D eigenvalue weighted by atomic mass is 19.1. The van der Waals surface area contributed by atoms with Gasteiger partial charge in [0, 0.05) is 24.7 Å². The van der Waals surface area contributed by atoms with Gasteiger partial charge in [-0.2, -0.15) is 5.10 Å². The molecule has 6 heteroatoms. The Labute approximate surface area is 134 Å². The Morgan fingerprint density at radius 1 is 1.43 bits per heavy atom. The Bertz CT molecular complexity index is 680. The molecule has 1 aromatic heterocycles. The summed E-state index contributed by atoms with van der Waals surface area (Å²) in [7, 11) is 0. The third-order valence-corrected chi connectivity index (χ3v) is 4.44. The molecule has 0 aliphatic carbocycles. The van der Waals surface area contributed by atoms with E-state index < -0.39 is 0 Å². The minimum atomic E-state index is -0.296. The topological polar surface area (TPSA) is 75.0 Å². The van der Waals surface area contributed by atoms with Gasteiger partial charge in [-0.15, -0.1) is 0 Å². The van der Waals surface area contributed by atoms with Gasteiger partial charge in [-0.05, 0) is 56.0 Å². The highest BCUT2D eigenvalue weighted by Gasteiger charge is 2.27. The van der Waals surface area contributed by atoms with Crippen LogP contribution in [-0.2, 0) is 0 Å². The molecule has 0 saturated carbocycles. The lowest BCUT2D eigenvalue weighted by atomic mass is 9.92. The molecular weight excluding hydrogens is 295 g/mol. The summed E-state index contributed by atoms with van der Waals surface area (Å²) in [6.45, 7) is 3.41. The van der Waals surface area contributed by atoms with Crippen molar-refractivity contribution < 1.29 is 9.18 Å². The Morgan fingerprint density at radius 2 is 2.17 bits per heavy atom. The van der Waals surface area contributed by atoms with E-state index in [4.69, 9.17) is 5.73 Å². The molecule has 1 amide bonds. The Hall–Kier alpha value is -2.21. The van der Waals surface area contributed by atoms with Crippen molar-refractivity contribution in [1.29, 1.82) is 0 Å². The number of aromatic nitrogens is 2. The van der Waals surface area contributed by atoms with Gasteiger partial charge in [-0.3, -0.25) is 9.89 Å². The number of H-pyrrole nitrogens is 1. The van der Waals surface area contributed by atoms with E-state index in [9.17, 15) is 9.18 Å². The van der Waals surface area contributed by atoms with Gasteiger partial charge in [0.2, 0.25) is 0 Å². The van der Waals surface area contributed by atoms with Crippen LogP contribution in [0.4, 0.5) is 4.39 Å². The lowest BCUT2D eigenvalue weighted by molar-refractivity contribution is 0.0655. The van der Waals surface area contributed by atoms with Crippen LogP contribution in [0.25, 0.3) is 11.3 Å². The number of hydrogen-bond acceptors (Lipinski definition) is 3. The minimum Gasteiger partial charge on any atom is -0.337 e. The van der Waals surface area contributed by atoms with Gasteiger partial charge in [-0.25, -0.2) is 4.39 Å². The van der Waals surface area contributed by atoms with Crippen LogP contribution in [0.2, 0.25) is 0 Å². The number of amides is 1. The Balaban J connectivity index is 1.74. The molecule has 1 fully saturated rings. The van der Waals surface area contributed by atoms with E-state index in [2.05, 4.69) is 10.2 Å². The number of carbonyl (C=O) groups excluding carboxylic acids is 1. The van der Waals surface area contributed by atoms with Crippen LogP contribution < -0.4 is 5.73 Å². The average Bonchev–Trinajstić information content (AvgIpc) is 3.05. The summed E-state index contributed by atoms with van der Waals surface area (Å²) in [5, 5.41) is 6.96. The molecule has 5 nitrogen and oxygen atoms in total. The summed E-state index contributed by atoms with van der Waals surface area (Å²) in [5.74, 6) is -0.0146. The molecule has 1 aliphatic heterocycles. The molecule has 23 heavy (non-hydrogen) atoms. The summed E-state index contributed by atoms with van der Waals surface area (Å²) >= 11 is 0. The normalized spacial score (nSPS) is 19.6. The molecule has 2 unspecified atom stereocenters. The van der Waals surface area contributed by atoms with Gasteiger partial charge in [0.25, 0.3) is 5.91 Å². The van der Waals surface area contributed by atoms with Crippen molar-refractivity contribution >= 4 is 5.91 Å². The van der Waals surface area contributed by atoms with Crippen LogP contribution >= 0.6 is 0 Å². The first-order valence-electron chi connectivity index (χ1n) is 7.91. The highest BCUT2D eigenvalue weighted by Crippen LogP contribution is 2.22. The van der Waals surface area contributed by atoms with Crippen LogP contribution in [-0.4, -0.2) is 40.1 Å². The summed E-state index contributed by atoms with van der Waals surface area (Å²) in [6, 6.07) is 7.85. The van der Waals surface area contributed by atoms with E-state index in [0.717, 1.165) is 24.9 Å². The molecule has 2 aromatic rings. The van der Waals surface area contributed by atoms with Crippen LogP contribution in [0.15, 0.2) is 30.3 Å². The van der Waals surface area contributed by atoms with E-state index in [-0.39, 0.29) is 17.8 Å². The number of nitrogens with zero attached hydrogens (tertiary/aromatic N) is 2. The van der Waals surface area contributed by atoms with Crippen LogP contribution in [0.3, 0.4) is 0 Å². The number of halogens is 1.